The van der Waals surface area contributed by atoms with Gasteiger partial charge in [-0.1, -0.05) is 48.5 Å². The number of rotatable bonds is 4. The summed E-state index contributed by atoms with van der Waals surface area (Å²) in [5.74, 6) is -0.531. The van der Waals surface area contributed by atoms with Crippen LogP contribution in [0.1, 0.15) is 58.3 Å². The Hall–Kier alpha value is -3.06. The summed E-state index contributed by atoms with van der Waals surface area (Å²) in [4.78, 5) is 32.2. The number of fused-ring (bicyclic) bond motifs is 1. The molecule has 3 heterocycles. The average molecular weight is 450 g/mol. The number of benzene rings is 2. The largest absolute Gasteiger partial charge is 0.351 e. The second-order valence-electron chi connectivity index (χ2n) is 8.41. The lowest BCUT2D eigenvalue weighted by atomic mass is 10.0. The molecule has 5 rings (SSSR count). The summed E-state index contributed by atoms with van der Waals surface area (Å²) in [5, 5.41) is 5.72. The van der Waals surface area contributed by atoms with E-state index < -0.39 is 6.04 Å². The first-order chi connectivity index (χ1) is 15.6. The molecule has 0 radical (unpaired) electrons. The van der Waals surface area contributed by atoms with Gasteiger partial charge in [-0.2, -0.15) is 0 Å². The number of halogens is 1. The van der Waals surface area contributed by atoms with Crippen LogP contribution in [0.3, 0.4) is 0 Å². The molecule has 1 aromatic heterocycles. The summed E-state index contributed by atoms with van der Waals surface area (Å²) < 4.78 is 14.7. The van der Waals surface area contributed by atoms with Crippen LogP contribution >= 0.6 is 11.3 Å². The molecule has 2 aromatic carbocycles. The molecule has 2 aliphatic rings. The van der Waals surface area contributed by atoms with Gasteiger partial charge in [-0.15, -0.1) is 11.3 Å². The predicted molar refractivity (Wildman–Crippen MR) is 121 cm³/mol. The molecular weight excluding hydrogens is 425 g/mol. The summed E-state index contributed by atoms with van der Waals surface area (Å²) >= 11 is 1.46. The summed E-state index contributed by atoms with van der Waals surface area (Å²) in [5.41, 5.74) is 2.01. The Labute approximate surface area is 190 Å². The second kappa shape index (κ2) is 8.82. The number of hydrogen-bond donors (Lipinski definition) is 1. The summed E-state index contributed by atoms with van der Waals surface area (Å²) in [7, 11) is 0. The molecule has 32 heavy (non-hydrogen) atoms. The highest BCUT2D eigenvalue weighted by molar-refractivity contribution is 7.09. The summed E-state index contributed by atoms with van der Waals surface area (Å²) in [6, 6.07) is 15.8. The van der Waals surface area contributed by atoms with E-state index in [9.17, 15) is 14.0 Å². The minimum absolute atomic E-state index is 0.00196. The lowest BCUT2D eigenvalue weighted by Gasteiger charge is -2.31. The third-order valence-corrected chi connectivity index (χ3v) is 7.20. The third kappa shape index (κ3) is 4.05. The molecule has 2 saturated heterocycles. The van der Waals surface area contributed by atoms with Crippen LogP contribution < -0.4 is 5.32 Å². The number of thiazole rings is 1. The maximum absolute atomic E-state index is 14.7. The van der Waals surface area contributed by atoms with Crippen LogP contribution in [-0.4, -0.2) is 33.8 Å². The van der Waals surface area contributed by atoms with Crippen LogP contribution in [0.2, 0.25) is 0 Å². The second-order valence-corrected chi connectivity index (χ2v) is 9.35. The number of carbonyl (C=O) groups is 2. The Morgan fingerprint density at radius 2 is 1.94 bits per heavy atom. The van der Waals surface area contributed by atoms with Gasteiger partial charge in [-0.3, -0.25) is 9.59 Å². The molecule has 1 N–H and O–H groups in total. The Morgan fingerprint density at radius 1 is 1.16 bits per heavy atom. The lowest BCUT2D eigenvalue weighted by Crippen LogP contribution is -2.45. The minimum Gasteiger partial charge on any atom is -0.351 e. The zero-order valence-corrected chi connectivity index (χ0v) is 18.4. The van der Waals surface area contributed by atoms with E-state index in [4.69, 9.17) is 0 Å². The van der Waals surface area contributed by atoms with Crippen molar-refractivity contribution in [1.29, 1.82) is 0 Å². The van der Waals surface area contributed by atoms with Crippen LogP contribution in [0.5, 0.6) is 0 Å². The molecule has 0 aliphatic carbocycles. The monoisotopic (exact) mass is 449 g/mol. The van der Waals surface area contributed by atoms with E-state index in [1.807, 2.05) is 30.3 Å². The van der Waals surface area contributed by atoms with Crippen molar-refractivity contribution in [2.24, 2.45) is 0 Å². The van der Waals surface area contributed by atoms with Crippen molar-refractivity contribution < 1.29 is 14.0 Å². The maximum atomic E-state index is 14.7. The van der Waals surface area contributed by atoms with Crippen molar-refractivity contribution in [3.8, 4) is 0 Å². The molecule has 0 saturated carbocycles. The number of hydrogen-bond acceptors (Lipinski definition) is 4. The van der Waals surface area contributed by atoms with Crippen LogP contribution in [-0.2, 0) is 11.2 Å². The number of aromatic nitrogens is 1. The van der Waals surface area contributed by atoms with Gasteiger partial charge in [-0.05, 0) is 30.9 Å². The fourth-order valence-corrected chi connectivity index (χ4v) is 5.69. The highest BCUT2D eigenvalue weighted by Gasteiger charge is 2.47. The number of carbonyl (C=O) groups excluding carboxylic acids is 2. The van der Waals surface area contributed by atoms with E-state index in [1.165, 1.54) is 17.4 Å². The van der Waals surface area contributed by atoms with Crippen molar-refractivity contribution in [3.63, 3.8) is 0 Å². The number of amides is 2. The first kappa shape index (κ1) is 20.8. The van der Waals surface area contributed by atoms with E-state index in [2.05, 4.69) is 10.3 Å². The predicted octanol–water partition coefficient (Wildman–Crippen LogP) is 4.50. The van der Waals surface area contributed by atoms with Gasteiger partial charge in [-0.25, -0.2) is 9.37 Å². The van der Waals surface area contributed by atoms with Crippen molar-refractivity contribution in [2.45, 2.75) is 50.2 Å². The minimum atomic E-state index is -0.434. The van der Waals surface area contributed by atoms with Crippen LogP contribution in [0.4, 0.5) is 4.39 Å². The standard InChI is InChI=1S/C25H24FN3O2S/c26-18-10-5-4-9-17(18)22-14-19-21(11-6-12-23(30)27-19)29(22)25(31)20-15-32-24(28-20)13-16-7-2-1-3-8-16/h1-5,7-10,15,19,21-22H,6,11-14H2,(H,27,30)/t19-,21+,22+/m0/s1. The van der Waals surface area contributed by atoms with E-state index in [1.54, 1.807) is 28.5 Å². The highest BCUT2D eigenvalue weighted by Crippen LogP contribution is 2.41. The number of nitrogens with zero attached hydrogens (tertiary/aromatic N) is 2. The van der Waals surface area contributed by atoms with Gasteiger partial charge in [0.2, 0.25) is 5.91 Å². The SMILES string of the molecule is O=C1CCC[C@@H]2[C@H](C[C@H](c3ccccc3F)N2C(=O)c2csc(Cc3ccccc3)n2)N1. The smallest absolute Gasteiger partial charge is 0.274 e. The van der Waals surface area contributed by atoms with Crippen LogP contribution in [0.15, 0.2) is 60.0 Å². The van der Waals surface area contributed by atoms with Crippen molar-refractivity contribution in [2.75, 3.05) is 0 Å². The molecule has 3 atom stereocenters. The number of likely N-dealkylation sites (tertiary alicyclic amines) is 1. The van der Waals surface area contributed by atoms with Crippen molar-refractivity contribution in [1.82, 2.24) is 15.2 Å². The van der Waals surface area contributed by atoms with Gasteiger partial charge < -0.3 is 10.2 Å². The molecule has 7 heteroatoms. The Morgan fingerprint density at radius 3 is 2.75 bits per heavy atom. The van der Waals surface area contributed by atoms with Crippen molar-refractivity contribution in [3.05, 3.63) is 87.6 Å². The fraction of sp³-hybridized carbons (Fsp3) is 0.320. The third-order valence-electron chi connectivity index (χ3n) is 6.35. The van der Waals surface area contributed by atoms with Gasteiger partial charge in [0.25, 0.3) is 5.91 Å². The van der Waals surface area contributed by atoms with Gasteiger partial charge in [0.1, 0.15) is 11.5 Å². The van der Waals surface area contributed by atoms with E-state index in [0.717, 1.165) is 10.6 Å². The quantitative estimate of drug-likeness (QED) is 0.638. The number of nitrogens with one attached hydrogen (secondary N) is 1. The Balaban J connectivity index is 1.46. The first-order valence-electron chi connectivity index (χ1n) is 10.9. The Bertz CT molecular complexity index is 1130. The molecule has 164 valence electrons. The van der Waals surface area contributed by atoms with Gasteiger partial charge in [0.05, 0.1) is 23.1 Å². The summed E-state index contributed by atoms with van der Waals surface area (Å²) in [6.07, 6.45) is 3.04. The van der Waals surface area contributed by atoms with Gasteiger partial charge in [0, 0.05) is 23.8 Å². The van der Waals surface area contributed by atoms with Gasteiger partial charge in [0.15, 0.2) is 0 Å². The van der Waals surface area contributed by atoms with Crippen LogP contribution in [0, 0.1) is 5.82 Å². The highest BCUT2D eigenvalue weighted by atomic mass is 32.1. The molecule has 0 unspecified atom stereocenters. The molecule has 0 spiro atoms. The Kier molecular flexibility index (Phi) is 5.74. The zero-order valence-electron chi connectivity index (χ0n) is 17.5. The van der Waals surface area contributed by atoms with E-state index >= 15 is 0 Å². The molecule has 0 bridgehead atoms. The first-order valence-corrected chi connectivity index (χ1v) is 11.8. The lowest BCUT2D eigenvalue weighted by molar-refractivity contribution is -0.121. The molecule has 3 aromatic rings. The zero-order chi connectivity index (χ0) is 22.1. The summed E-state index contributed by atoms with van der Waals surface area (Å²) in [6.45, 7) is 0. The van der Waals surface area contributed by atoms with E-state index in [-0.39, 0.29) is 29.7 Å². The molecule has 2 amide bonds. The normalized spacial score (nSPS) is 22.8. The molecular formula is C25H24FN3O2S. The average Bonchev–Trinajstić information content (AvgIpc) is 3.35. The topological polar surface area (TPSA) is 62.3 Å². The van der Waals surface area contributed by atoms with E-state index in [0.29, 0.717) is 43.4 Å². The molecule has 2 fully saturated rings. The van der Waals surface area contributed by atoms with Crippen LogP contribution in [0.25, 0.3) is 0 Å². The molecule has 5 nitrogen and oxygen atoms in total. The van der Waals surface area contributed by atoms with Gasteiger partial charge >= 0.3 is 0 Å². The maximum Gasteiger partial charge on any atom is 0.274 e. The molecule has 2 aliphatic heterocycles. The fourth-order valence-electron chi connectivity index (χ4n) is 4.89. The van der Waals surface area contributed by atoms with Crippen molar-refractivity contribution >= 4 is 23.2 Å².